The predicted octanol–water partition coefficient (Wildman–Crippen LogP) is 1.06. The summed E-state index contributed by atoms with van der Waals surface area (Å²) in [7, 11) is 1.77. The van der Waals surface area contributed by atoms with Gasteiger partial charge in [-0.3, -0.25) is 9.48 Å². The van der Waals surface area contributed by atoms with Gasteiger partial charge < -0.3 is 4.57 Å². The summed E-state index contributed by atoms with van der Waals surface area (Å²) in [5.74, 6) is 0.683. The molecule has 2 heterocycles. The Bertz CT molecular complexity index is 647. The maximum Gasteiger partial charge on any atom is 0.182 e. The van der Waals surface area contributed by atoms with Gasteiger partial charge in [-0.2, -0.15) is 10.4 Å². The molecule has 86 valence electrons. The Morgan fingerprint density at radius 3 is 2.41 bits per heavy atom. The van der Waals surface area contributed by atoms with Crippen molar-refractivity contribution in [1.82, 2.24) is 14.3 Å². The van der Waals surface area contributed by atoms with E-state index < -0.39 is 0 Å². The van der Waals surface area contributed by atoms with Gasteiger partial charge in [0.15, 0.2) is 11.2 Å². The van der Waals surface area contributed by atoms with Crippen molar-refractivity contribution in [2.45, 2.75) is 13.8 Å². The molecule has 17 heavy (non-hydrogen) atoms. The van der Waals surface area contributed by atoms with Crippen LogP contribution in [-0.2, 0) is 7.05 Å². The molecule has 0 aliphatic carbocycles. The normalized spacial score (nSPS) is 10.2. The monoisotopic (exact) mass is 228 g/mol. The van der Waals surface area contributed by atoms with E-state index in [1.165, 1.54) is 6.20 Å². The summed E-state index contributed by atoms with van der Waals surface area (Å²) in [6, 6.07) is 5.19. The third kappa shape index (κ3) is 1.74. The molecule has 0 aliphatic rings. The number of pyridine rings is 1. The molecule has 0 fully saturated rings. The summed E-state index contributed by atoms with van der Waals surface area (Å²) < 4.78 is 3.48. The van der Waals surface area contributed by atoms with Gasteiger partial charge in [0.25, 0.3) is 0 Å². The van der Waals surface area contributed by atoms with Gasteiger partial charge >= 0.3 is 0 Å². The molecule has 0 bridgehead atoms. The lowest BCUT2D eigenvalue weighted by Gasteiger charge is -2.14. The standard InChI is InChI=1S/C12H12N4O/c1-8-4-11(17)5-9(2)16(8)12-10(6-13)7-14-15(12)3/h4-5,7H,1-3H3. The second kappa shape index (κ2) is 3.91. The minimum atomic E-state index is -0.0306. The van der Waals surface area contributed by atoms with E-state index >= 15 is 0 Å². The van der Waals surface area contributed by atoms with E-state index in [4.69, 9.17) is 5.26 Å². The van der Waals surface area contributed by atoms with Gasteiger partial charge in [0.2, 0.25) is 0 Å². The van der Waals surface area contributed by atoms with Gasteiger partial charge in [0.05, 0.1) is 6.20 Å². The minimum Gasteiger partial charge on any atom is -0.302 e. The van der Waals surface area contributed by atoms with Gasteiger partial charge in [-0.25, -0.2) is 0 Å². The van der Waals surface area contributed by atoms with Crippen molar-refractivity contribution >= 4 is 0 Å². The highest BCUT2D eigenvalue weighted by Crippen LogP contribution is 2.16. The largest absolute Gasteiger partial charge is 0.302 e. The Morgan fingerprint density at radius 1 is 1.29 bits per heavy atom. The van der Waals surface area contributed by atoms with Crippen LogP contribution in [0, 0.1) is 25.2 Å². The van der Waals surface area contributed by atoms with E-state index in [9.17, 15) is 4.79 Å². The van der Waals surface area contributed by atoms with Crippen molar-refractivity contribution in [3.05, 3.63) is 45.5 Å². The molecule has 2 aromatic rings. The first-order valence-electron chi connectivity index (χ1n) is 5.17. The molecule has 2 rings (SSSR count). The van der Waals surface area contributed by atoms with Gasteiger partial charge in [-0.15, -0.1) is 0 Å². The second-order valence-electron chi connectivity index (χ2n) is 3.93. The number of hydrogen-bond donors (Lipinski definition) is 0. The average molecular weight is 228 g/mol. The second-order valence-corrected chi connectivity index (χ2v) is 3.93. The Labute approximate surface area is 98.5 Å². The lowest BCUT2D eigenvalue weighted by atomic mass is 10.2. The van der Waals surface area contributed by atoms with Crippen molar-refractivity contribution < 1.29 is 0 Å². The maximum atomic E-state index is 11.4. The highest BCUT2D eigenvalue weighted by Gasteiger charge is 2.13. The fraction of sp³-hybridized carbons (Fsp3) is 0.250. The van der Waals surface area contributed by atoms with E-state index in [1.54, 1.807) is 23.9 Å². The number of aryl methyl sites for hydroxylation is 3. The van der Waals surface area contributed by atoms with E-state index in [2.05, 4.69) is 11.2 Å². The summed E-state index contributed by atoms with van der Waals surface area (Å²) >= 11 is 0. The number of nitrogens with zero attached hydrogens (tertiary/aromatic N) is 4. The molecular weight excluding hydrogens is 216 g/mol. The SMILES string of the molecule is Cc1cc(=O)cc(C)n1-c1c(C#N)cnn1C. The number of aromatic nitrogens is 3. The Balaban J connectivity index is 2.82. The van der Waals surface area contributed by atoms with Crippen LogP contribution >= 0.6 is 0 Å². The lowest BCUT2D eigenvalue weighted by Crippen LogP contribution is -2.15. The first kappa shape index (κ1) is 11.1. The molecule has 0 saturated heterocycles. The van der Waals surface area contributed by atoms with Gasteiger partial charge in [0.1, 0.15) is 11.6 Å². The molecule has 0 amide bonds. The molecule has 0 aromatic carbocycles. The van der Waals surface area contributed by atoms with E-state index in [-0.39, 0.29) is 5.43 Å². The molecule has 5 heteroatoms. The fourth-order valence-electron chi connectivity index (χ4n) is 1.97. The zero-order valence-electron chi connectivity index (χ0n) is 9.93. The van der Waals surface area contributed by atoms with Crippen LogP contribution < -0.4 is 5.43 Å². The number of hydrogen-bond acceptors (Lipinski definition) is 3. The predicted molar refractivity (Wildman–Crippen MR) is 63.0 cm³/mol. The van der Waals surface area contributed by atoms with Gasteiger partial charge in [0, 0.05) is 30.6 Å². The van der Waals surface area contributed by atoms with Crippen LogP contribution in [0.3, 0.4) is 0 Å². The maximum absolute atomic E-state index is 11.4. The van der Waals surface area contributed by atoms with Crippen LogP contribution in [0.15, 0.2) is 23.1 Å². The van der Waals surface area contributed by atoms with Crippen LogP contribution in [0.5, 0.6) is 0 Å². The van der Waals surface area contributed by atoms with Crippen LogP contribution in [0.25, 0.3) is 5.82 Å². The summed E-state index contributed by atoms with van der Waals surface area (Å²) in [4.78, 5) is 11.4. The van der Waals surface area contributed by atoms with E-state index in [1.807, 2.05) is 18.4 Å². The van der Waals surface area contributed by atoms with Crippen LogP contribution in [-0.4, -0.2) is 14.3 Å². The van der Waals surface area contributed by atoms with E-state index in [0.717, 1.165) is 11.4 Å². The number of nitriles is 1. The van der Waals surface area contributed by atoms with Crippen molar-refractivity contribution in [2.24, 2.45) is 7.05 Å². The molecule has 2 aromatic heterocycles. The van der Waals surface area contributed by atoms with Crippen LogP contribution in [0.1, 0.15) is 17.0 Å². The Hall–Kier alpha value is -2.35. The summed E-state index contributed by atoms with van der Waals surface area (Å²) in [6.45, 7) is 3.67. The first-order valence-corrected chi connectivity index (χ1v) is 5.17. The van der Waals surface area contributed by atoms with Gasteiger partial charge in [-0.05, 0) is 13.8 Å². The highest BCUT2D eigenvalue weighted by atomic mass is 16.1. The molecule has 0 radical (unpaired) electrons. The minimum absolute atomic E-state index is 0.0306. The van der Waals surface area contributed by atoms with Crippen molar-refractivity contribution in [2.75, 3.05) is 0 Å². The van der Waals surface area contributed by atoms with Crippen LogP contribution in [0.4, 0.5) is 0 Å². The smallest absolute Gasteiger partial charge is 0.182 e. The molecular formula is C12H12N4O. The van der Waals surface area contributed by atoms with Crippen molar-refractivity contribution in [1.29, 1.82) is 5.26 Å². The van der Waals surface area contributed by atoms with E-state index in [0.29, 0.717) is 11.4 Å². The molecule has 0 spiro atoms. The molecule has 5 nitrogen and oxygen atoms in total. The van der Waals surface area contributed by atoms with Crippen molar-refractivity contribution in [3.8, 4) is 11.9 Å². The third-order valence-electron chi connectivity index (χ3n) is 2.65. The molecule has 0 atom stereocenters. The lowest BCUT2D eigenvalue weighted by molar-refractivity contribution is 0.712. The molecule has 0 N–H and O–H groups in total. The fourth-order valence-corrected chi connectivity index (χ4v) is 1.97. The molecule has 0 saturated carbocycles. The Morgan fingerprint density at radius 2 is 1.88 bits per heavy atom. The highest BCUT2D eigenvalue weighted by molar-refractivity contribution is 5.45. The average Bonchev–Trinajstić information content (AvgIpc) is 2.59. The quantitative estimate of drug-likeness (QED) is 0.733. The van der Waals surface area contributed by atoms with Crippen LogP contribution in [0.2, 0.25) is 0 Å². The third-order valence-corrected chi connectivity index (χ3v) is 2.65. The molecule has 0 unspecified atom stereocenters. The summed E-state index contributed by atoms with van der Waals surface area (Å²) in [5, 5.41) is 13.1. The first-order chi connectivity index (χ1) is 8.04. The topological polar surface area (TPSA) is 63.6 Å². The summed E-state index contributed by atoms with van der Waals surface area (Å²) in [6.07, 6.45) is 1.52. The zero-order chi connectivity index (χ0) is 12.6. The zero-order valence-corrected chi connectivity index (χ0v) is 9.93. The Kier molecular flexibility index (Phi) is 2.56. The van der Waals surface area contributed by atoms with Gasteiger partial charge in [-0.1, -0.05) is 0 Å². The van der Waals surface area contributed by atoms with Crippen molar-refractivity contribution in [3.63, 3.8) is 0 Å². The summed E-state index contributed by atoms with van der Waals surface area (Å²) in [5.41, 5.74) is 2.03. The number of rotatable bonds is 1. The molecule has 0 aliphatic heterocycles.